The quantitative estimate of drug-likeness (QED) is 0.774. The van der Waals surface area contributed by atoms with Crippen LogP contribution in [-0.4, -0.2) is 30.6 Å². The fourth-order valence-electron chi connectivity index (χ4n) is 2.65. The number of methoxy groups -OCH3 is 1. The van der Waals surface area contributed by atoms with Gasteiger partial charge >= 0.3 is 5.97 Å². The first-order valence-electron chi connectivity index (χ1n) is 6.57. The Morgan fingerprint density at radius 3 is 2.94 bits per heavy atom. The summed E-state index contributed by atoms with van der Waals surface area (Å²) in [4.78, 5) is 13.8. The van der Waals surface area contributed by atoms with E-state index < -0.39 is 5.97 Å². The van der Waals surface area contributed by atoms with Crippen molar-refractivity contribution in [3.8, 4) is 0 Å². The highest BCUT2D eigenvalue weighted by Crippen LogP contribution is 2.29. The second kappa shape index (κ2) is 5.57. The van der Waals surface area contributed by atoms with E-state index in [1.54, 1.807) is 6.07 Å². The summed E-state index contributed by atoms with van der Waals surface area (Å²) in [5, 5.41) is 0. The van der Waals surface area contributed by atoms with E-state index in [4.69, 9.17) is 4.42 Å². The predicted octanol–water partition coefficient (Wildman–Crippen LogP) is 3.00. The number of ether oxygens (including phenoxy) is 1. The predicted molar refractivity (Wildman–Crippen MR) is 68.5 cm³/mol. The Labute approximate surface area is 108 Å². The molecule has 0 spiro atoms. The summed E-state index contributed by atoms with van der Waals surface area (Å²) < 4.78 is 10.2. The first kappa shape index (κ1) is 13.1. The summed E-state index contributed by atoms with van der Waals surface area (Å²) in [6.07, 6.45) is 3.77. The molecule has 2 atom stereocenters. The van der Waals surface area contributed by atoms with Gasteiger partial charge in [-0.1, -0.05) is 6.42 Å². The van der Waals surface area contributed by atoms with Crippen LogP contribution in [0.1, 0.15) is 55.5 Å². The molecule has 2 heterocycles. The van der Waals surface area contributed by atoms with E-state index >= 15 is 0 Å². The highest BCUT2D eigenvalue weighted by molar-refractivity contribution is 5.86. The minimum Gasteiger partial charge on any atom is -0.463 e. The molecule has 100 valence electrons. The van der Waals surface area contributed by atoms with E-state index in [1.807, 2.05) is 6.07 Å². The second-order valence-electron chi connectivity index (χ2n) is 4.95. The molecule has 1 aliphatic rings. The molecular formula is C14H21NO3. The van der Waals surface area contributed by atoms with Crippen molar-refractivity contribution in [2.45, 2.75) is 45.2 Å². The molecule has 4 nitrogen and oxygen atoms in total. The maximum Gasteiger partial charge on any atom is 0.373 e. The smallest absolute Gasteiger partial charge is 0.373 e. The molecule has 0 bridgehead atoms. The third kappa shape index (κ3) is 2.58. The molecule has 4 heteroatoms. The van der Waals surface area contributed by atoms with Gasteiger partial charge in [0.1, 0.15) is 5.76 Å². The van der Waals surface area contributed by atoms with Crippen LogP contribution in [0, 0.1) is 0 Å². The molecule has 2 unspecified atom stereocenters. The van der Waals surface area contributed by atoms with Gasteiger partial charge < -0.3 is 9.15 Å². The lowest BCUT2D eigenvalue weighted by Crippen LogP contribution is -2.39. The number of carbonyl (C=O) groups excluding carboxylic acids is 1. The molecule has 1 aromatic heterocycles. The topological polar surface area (TPSA) is 42.7 Å². The summed E-state index contributed by atoms with van der Waals surface area (Å²) >= 11 is 0. The molecular weight excluding hydrogens is 230 g/mol. The Hall–Kier alpha value is -1.29. The fourth-order valence-corrected chi connectivity index (χ4v) is 2.65. The van der Waals surface area contributed by atoms with Crippen LogP contribution >= 0.6 is 0 Å². The van der Waals surface area contributed by atoms with Gasteiger partial charge in [0, 0.05) is 6.04 Å². The summed E-state index contributed by atoms with van der Waals surface area (Å²) in [6, 6.07) is 4.34. The van der Waals surface area contributed by atoms with Crippen molar-refractivity contribution in [3.63, 3.8) is 0 Å². The Morgan fingerprint density at radius 2 is 2.28 bits per heavy atom. The van der Waals surface area contributed by atoms with Gasteiger partial charge in [0.15, 0.2) is 0 Å². The molecule has 1 aliphatic heterocycles. The molecule has 1 aromatic rings. The summed E-state index contributed by atoms with van der Waals surface area (Å²) in [5.74, 6) is 0.702. The van der Waals surface area contributed by atoms with Crippen molar-refractivity contribution in [3.05, 3.63) is 23.7 Å². The number of piperidine rings is 1. The van der Waals surface area contributed by atoms with Crippen molar-refractivity contribution >= 4 is 5.97 Å². The van der Waals surface area contributed by atoms with Gasteiger partial charge in [0.2, 0.25) is 5.76 Å². The van der Waals surface area contributed by atoms with Crippen LogP contribution in [0.3, 0.4) is 0 Å². The number of likely N-dealkylation sites (tertiary alicyclic amines) is 1. The summed E-state index contributed by atoms with van der Waals surface area (Å²) in [6.45, 7) is 5.47. The maximum absolute atomic E-state index is 11.4. The third-order valence-corrected chi connectivity index (χ3v) is 3.78. The zero-order valence-corrected chi connectivity index (χ0v) is 11.3. The standard InChI is InChI=1S/C14H21NO3/c1-10-6-4-5-9-15(10)11(2)12-7-8-13(18-12)14(16)17-3/h7-8,10-11H,4-6,9H2,1-3H3. The molecule has 1 fully saturated rings. The van der Waals surface area contributed by atoms with Gasteiger partial charge in [-0.2, -0.15) is 0 Å². The molecule has 0 radical (unpaired) electrons. The minimum atomic E-state index is -0.417. The van der Waals surface area contributed by atoms with Crippen LogP contribution in [0.25, 0.3) is 0 Å². The van der Waals surface area contributed by atoms with Crippen LogP contribution in [-0.2, 0) is 4.74 Å². The van der Waals surface area contributed by atoms with Crippen molar-refractivity contribution < 1.29 is 13.9 Å². The SMILES string of the molecule is COC(=O)c1ccc(C(C)N2CCCCC2C)o1. The highest BCUT2D eigenvalue weighted by Gasteiger charge is 2.26. The Morgan fingerprint density at radius 1 is 1.50 bits per heavy atom. The number of hydrogen-bond acceptors (Lipinski definition) is 4. The van der Waals surface area contributed by atoms with Crippen LogP contribution in [0.5, 0.6) is 0 Å². The van der Waals surface area contributed by atoms with E-state index in [0.717, 1.165) is 12.3 Å². The van der Waals surface area contributed by atoms with E-state index in [0.29, 0.717) is 6.04 Å². The van der Waals surface area contributed by atoms with Crippen molar-refractivity contribution in [1.29, 1.82) is 0 Å². The first-order chi connectivity index (χ1) is 8.63. The average Bonchev–Trinajstić information content (AvgIpc) is 2.87. The van der Waals surface area contributed by atoms with E-state index in [9.17, 15) is 4.79 Å². The van der Waals surface area contributed by atoms with Crippen molar-refractivity contribution in [2.24, 2.45) is 0 Å². The van der Waals surface area contributed by atoms with E-state index in [2.05, 4.69) is 23.5 Å². The molecule has 0 N–H and O–H groups in total. The summed E-state index contributed by atoms with van der Waals surface area (Å²) in [5.41, 5.74) is 0. The van der Waals surface area contributed by atoms with Crippen molar-refractivity contribution in [1.82, 2.24) is 4.90 Å². The zero-order valence-electron chi connectivity index (χ0n) is 11.3. The maximum atomic E-state index is 11.4. The Bertz CT molecular complexity index is 413. The zero-order chi connectivity index (χ0) is 13.1. The lowest BCUT2D eigenvalue weighted by Gasteiger charge is -2.37. The van der Waals surface area contributed by atoms with Crippen LogP contribution < -0.4 is 0 Å². The third-order valence-electron chi connectivity index (χ3n) is 3.78. The molecule has 18 heavy (non-hydrogen) atoms. The fraction of sp³-hybridized carbons (Fsp3) is 0.643. The number of furan rings is 1. The molecule has 2 rings (SSSR count). The Balaban J connectivity index is 2.10. The number of esters is 1. The lowest BCUT2D eigenvalue weighted by atomic mass is 10.0. The molecule has 1 saturated heterocycles. The second-order valence-corrected chi connectivity index (χ2v) is 4.95. The van der Waals surface area contributed by atoms with E-state index in [-0.39, 0.29) is 11.8 Å². The van der Waals surface area contributed by atoms with Gasteiger partial charge in [-0.05, 0) is 45.4 Å². The lowest BCUT2D eigenvalue weighted by molar-refractivity contribution is 0.0552. The monoisotopic (exact) mass is 251 g/mol. The van der Waals surface area contributed by atoms with Gasteiger partial charge in [0.25, 0.3) is 0 Å². The minimum absolute atomic E-state index is 0.207. The van der Waals surface area contributed by atoms with Gasteiger partial charge in [-0.3, -0.25) is 4.90 Å². The number of nitrogens with zero attached hydrogens (tertiary/aromatic N) is 1. The van der Waals surface area contributed by atoms with Gasteiger partial charge in [-0.25, -0.2) is 4.79 Å². The number of hydrogen-bond donors (Lipinski definition) is 0. The van der Waals surface area contributed by atoms with E-state index in [1.165, 1.54) is 26.4 Å². The number of carbonyl (C=O) groups is 1. The molecule has 0 aliphatic carbocycles. The first-order valence-corrected chi connectivity index (χ1v) is 6.57. The van der Waals surface area contributed by atoms with Gasteiger partial charge in [0.05, 0.1) is 13.2 Å². The van der Waals surface area contributed by atoms with Crippen LogP contribution in [0.15, 0.2) is 16.5 Å². The number of rotatable bonds is 3. The average molecular weight is 251 g/mol. The molecule has 0 amide bonds. The summed E-state index contributed by atoms with van der Waals surface area (Å²) in [7, 11) is 1.36. The highest BCUT2D eigenvalue weighted by atomic mass is 16.5. The van der Waals surface area contributed by atoms with Crippen LogP contribution in [0.4, 0.5) is 0 Å². The largest absolute Gasteiger partial charge is 0.463 e. The normalized spacial score (nSPS) is 22.7. The molecule has 0 aromatic carbocycles. The Kier molecular flexibility index (Phi) is 4.07. The van der Waals surface area contributed by atoms with Gasteiger partial charge in [-0.15, -0.1) is 0 Å². The van der Waals surface area contributed by atoms with Crippen LogP contribution in [0.2, 0.25) is 0 Å². The molecule has 0 saturated carbocycles. The van der Waals surface area contributed by atoms with Crippen molar-refractivity contribution in [2.75, 3.05) is 13.7 Å².